The molecule has 3 rings (SSSR count). The number of nitrogens with one attached hydrogen (secondary N) is 1. The lowest BCUT2D eigenvalue weighted by molar-refractivity contribution is -0.156. The van der Waals surface area contributed by atoms with E-state index in [4.69, 9.17) is 25.8 Å². The quantitative estimate of drug-likeness (QED) is 0.771. The number of carbonyl (C=O) groups is 2. The van der Waals surface area contributed by atoms with Gasteiger partial charge in [0.15, 0.2) is 18.1 Å². The van der Waals surface area contributed by atoms with E-state index in [1.807, 2.05) is 0 Å². The van der Waals surface area contributed by atoms with E-state index in [9.17, 15) is 22.8 Å². The van der Waals surface area contributed by atoms with E-state index in [1.165, 1.54) is 0 Å². The Labute approximate surface area is 162 Å². The van der Waals surface area contributed by atoms with Crippen LogP contribution in [0, 0.1) is 0 Å². The van der Waals surface area contributed by atoms with Gasteiger partial charge in [-0.3, -0.25) is 4.79 Å². The highest BCUT2D eigenvalue weighted by molar-refractivity contribution is 6.33. The van der Waals surface area contributed by atoms with Gasteiger partial charge in [0.05, 0.1) is 16.3 Å². The zero-order valence-electron chi connectivity index (χ0n) is 14.1. The average molecular weight is 416 g/mol. The third-order valence-corrected chi connectivity index (χ3v) is 4.01. The Morgan fingerprint density at radius 3 is 2.61 bits per heavy atom. The van der Waals surface area contributed by atoms with Crippen molar-refractivity contribution in [2.24, 2.45) is 0 Å². The molecule has 2 aromatic carbocycles. The fraction of sp³-hybridized carbons (Fsp3) is 0.222. The van der Waals surface area contributed by atoms with E-state index in [0.29, 0.717) is 17.6 Å². The monoisotopic (exact) mass is 415 g/mol. The molecule has 1 atom stereocenters. The number of hydrogen-bond acceptors (Lipinski definition) is 5. The van der Waals surface area contributed by atoms with Gasteiger partial charge in [0, 0.05) is 0 Å². The third-order valence-electron chi connectivity index (χ3n) is 3.68. The van der Waals surface area contributed by atoms with Gasteiger partial charge in [-0.2, -0.15) is 13.2 Å². The number of hydrogen-bond donors (Lipinski definition) is 1. The van der Waals surface area contributed by atoms with Crippen molar-refractivity contribution in [3.8, 4) is 11.5 Å². The molecule has 10 heteroatoms. The van der Waals surface area contributed by atoms with Crippen LogP contribution in [-0.2, 0) is 20.5 Å². The number of ether oxygens (including phenoxy) is 3. The minimum atomic E-state index is -4.59. The van der Waals surface area contributed by atoms with Crippen molar-refractivity contribution in [3.63, 3.8) is 0 Å². The van der Waals surface area contributed by atoms with Crippen LogP contribution < -0.4 is 14.8 Å². The van der Waals surface area contributed by atoms with Crippen LogP contribution in [0.3, 0.4) is 0 Å². The summed E-state index contributed by atoms with van der Waals surface area (Å²) in [6, 6.07) is 9.20. The molecule has 0 saturated carbocycles. The summed E-state index contributed by atoms with van der Waals surface area (Å²) in [7, 11) is 0. The second kappa shape index (κ2) is 7.97. The summed E-state index contributed by atoms with van der Waals surface area (Å²) < 4.78 is 53.9. The SMILES string of the molecule is O=C(COC(=O)[C@@H]1COc2ccccc2O1)Nc1cc(C(F)(F)F)ccc1Cl. The van der Waals surface area contributed by atoms with E-state index < -0.39 is 36.3 Å². The summed E-state index contributed by atoms with van der Waals surface area (Å²) in [5.41, 5.74) is -1.22. The largest absolute Gasteiger partial charge is 0.485 e. The van der Waals surface area contributed by atoms with Gasteiger partial charge < -0.3 is 19.5 Å². The molecular weight excluding hydrogens is 403 g/mol. The molecule has 0 fully saturated rings. The molecule has 0 unspecified atom stereocenters. The van der Waals surface area contributed by atoms with Crippen molar-refractivity contribution >= 4 is 29.2 Å². The summed E-state index contributed by atoms with van der Waals surface area (Å²) in [6.45, 7) is -0.830. The Bertz CT molecular complexity index is 903. The predicted octanol–water partition coefficient (Wildman–Crippen LogP) is 3.68. The number of esters is 1. The van der Waals surface area contributed by atoms with Crippen molar-refractivity contribution in [2.75, 3.05) is 18.5 Å². The van der Waals surface area contributed by atoms with Gasteiger partial charge in [-0.05, 0) is 30.3 Å². The lowest BCUT2D eigenvalue weighted by atomic mass is 10.2. The first kappa shape index (κ1) is 19.8. The number of carbonyl (C=O) groups excluding carboxylic acids is 2. The van der Waals surface area contributed by atoms with Crippen LogP contribution in [0.2, 0.25) is 5.02 Å². The standard InChI is InChI=1S/C18H13ClF3NO5/c19-11-6-5-10(18(20,21)22)7-12(11)23-16(24)9-27-17(25)15-8-26-13-3-1-2-4-14(13)28-15/h1-7,15H,8-9H2,(H,23,24)/t15-/m0/s1. The maximum Gasteiger partial charge on any atom is 0.416 e. The first-order valence-corrected chi connectivity index (χ1v) is 8.33. The van der Waals surface area contributed by atoms with Crippen LogP contribution in [0.5, 0.6) is 11.5 Å². The lowest BCUT2D eigenvalue weighted by Crippen LogP contribution is -2.39. The molecule has 6 nitrogen and oxygen atoms in total. The summed E-state index contributed by atoms with van der Waals surface area (Å²) in [4.78, 5) is 23.9. The molecule has 0 aliphatic carbocycles. The van der Waals surface area contributed by atoms with Gasteiger partial charge in [0.1, 0.15) is 6.61 Å². The van der Waals surface area contributed by atoms with E-state index in [-0.39, 0.29) is 17.3 Å². The van der Waals surface area contributed by atoms with Crippen molar-refractivity contribution in [1.29, 1.82) is 0 Å². The minimum Gasteiger partial charge on any atom is -0.485 e. The summed E-state index contributed by atoms with van der Waals surface area (Å²) in [6.07, 6.45) is -5.66. The fourth-order valence-corrected chi connectivity index (χ4v) is 2.51. The van der Waals surface area contributed by atoms with Gasteiger partial charge >= 0.3 is 12.1 Å². The molecule has 28 heavy (non-hydrogen) atoms. The second-order valence-electron chi connectivity index (χ2n) is 5.71. The minimum absolute atomic E-state index is 0.0895. The zero-order chi connectivity index (χ0) is 20.3. The summed E-state index contributed by atoms with van der Waals surface area (Å²) >= 11 is 5.80. The summed E-state index contributed by atoms with van der Waals surface area (Å²) in [5.74, 6) is -0.870. The van der Waals surface area contributed by atoms with Gasteiger partial charge in [-0.1, -0.05) is 23.7 Å². The molecule has 148 valence electrons. The number of benzene rings is 2. The molecule has 1 N–H and O–H groups in total. The number of para-hydroxylation sites is 2. The lowest BCUT2D eigenvalue weighted by Gasteiger charge is -2.24. The van der Waals surface area contributed by atoms with E-state index in [0.717, 1.165) is 12.1 Å². The van der Waals surface area contributed by atoms with Gasteiger partial charge in [-0.25, -0.2) is 4.79 Å². The number of alkyl halides is 3. The summed E-state index contributed by atoms with van der Waals surface area (Å²) in [5, 5.41) is 2.09. The van der Waals surface area contributed by atoms with Crippen LogP contribution in [0.1, 0.15) is 5.56 Å². The smallest absolute Gasteiger partial charge is 0.416 e. The third kappa shape index (κ3) is 4.66. The Kier molecular flexibility index (Phi) is 5.64. The van der Waals surface area contributed by atoms with Gasteiger partial charge in [0.2, 0.25) is 6.10 Å². The van der Waals surface area contributed by atoms with Crippen molar-refractivity contribution in [1.82, 2.24) is 0 Å². The number of anilines is 1. The van der Waals surface area contributed by atoms with Crippen molar-refractivity contribution in [2.45, 2.75) is 12.3 Å². The van der Waals surface area contributed by atoms with Crippen LogP contribution in [0.4, 0.5) is 18.9 Å². The van der Waals surface area contributed by atoms with Gasteiger partial charge in [0.25, 0.3) is 5.91 Å². The zero-order valence-corrected chi connectivity index (χ0v) is 14.8. The highest BCUT2D eigenvalue weighted by Crippen LogP contribution is 2.34. The molecule has 0 bridgehead atoms. The number of amides is 1. The number of halogens is 4. The molecular formula is C18H13ClF3NO5. The highest BCUT2D eigenvalue weighted by atomic mass is 35.5. The van der Waals surface area contributed by atoms with E-state index in [2.05, 4.69) is 5.32 Å². The van der Waals surface area contributed by atoms with E-state index in [1.54, 1.807) is 24.3 Å². The molecule has 0 saturated heterocycles. The maximum absolute atomic E-state index is 12.8. The molecule has 0 aromatic heterocycles. The Balaban J connectivity index is 1.56. The van der Waals surface area contributed by atoms with Crippen LogP contribution in [0.15, 0.2) is 42.5 Å². The van der Waals surface area contributed by atoms with Crippen LogP contribution in [0.25, 0.3) is 0 Å². The molecule has 0 radical (unpaired) electrons. The molecule has 1 aliphatic rings. The van der Waals surface area contributed by atoms with Crippen molar-refractivity contribution < 1.29 is 37.0 Å². The highest BCUT2D eigenvalue weighted by Gasteiger charge is 2.31. The number of rotatable bonds is 4. The Morgan fingerprint density at radius 2 is 1.89 bits per heavy atom. The maximum atomic E-state index is 12.8. The predicted molar refractivity (Wildman–Crippen MR) is 92.4 cm³/mol. The van der Waals surface area contributed by atoms with E-state index >= 15 is 0 Å². The normalized spacial score (nSPS) is 15.6. The van der Waals surface area contributed by atoms with Crippen LogP contribution in [-0.4, -0.2) is 31.2 Å². The fourth-order valence-electron chi connectivity index (χ4n) is 2.35. The van der Waals surface area contributed by atoms with Crippen molar-refractivity contribution in [3.05, 3.63) is 53.1 Å². The first-order chi connectivity index (χ1) is 13.2. The molecule has 2 aromatic rings. The molecule has 1 aliphatic heterocycles. The molecule has 1 amide bonds. The molecule has 1 heterocycles. The second-order valence-corrected chi connectivity index (χ2v) is 6.12. The first-order valence-electron chi connectivity index (χ1n) is 7.96. The van der Waals surface area contributed by atoms with Gasteiger partial charge in [-0.15, -0.1) is 0 Å². The van der Waals surface area contributed by atoms with Crippen LogP contribution >= 0.6 is 11.6 Å². The number of fused-ring (bicyclic) bond motifs is 1. The topological polar surface area (TPSA) is 73.9 Å². The Morgan fingerprint density at radius 1 is 1.18 bits per heavy atom. The average Bonchev–Trinajstić information content (AvgIpc) is 2.66. The Hall–Kier alpha value is -2.94. The molecule has 0 spiro atoms.